The molecular weight excluding hydrogens is 637 g/mol. The number of rotatable bonds is 4. The Hall–Kier alpha value is -7.11. The molecule has 3 heterocycles. The maximum absolute atomic E-state index is 6.50. The van der Waals surface area contributed by atoms with E-state index < -0.39 is 0 Å². The van der Waals surface area contributed by atoms with Gasteiger partial charge in [-0.2, -0.15) is 9.97 Å². The van der Waals surface area contributed by atoms with Crippen LogP contribution in [0.25, 0.3) is 105 Å². The predicted molar refractivity (Wildman–Crippen MR) is 213 cm³/mol. The van der Waals surface area contributed by atoms with Crippen LogP contribution in [0.15, 0.2) is 174 Å². The minimum Gasteiger partial charge on any atom is -0.456 e. The lowest BCUT2D eigenvalue weighted by Gasteiger charge is -2.14. The van der Waals surface area contributed by atoms with Crippen LogP contribution < -0.4 is 0 Å². The third-order valence-electron chi connectivity index (χ3n) is 10.2. The van der Waals surface area contributed by atoms with Crippen LogP contribution in [0.4, 0.5) is 0 Å². The largest absolute Gasteiger partial charge is 0.456 e. The third-order valence-corrected chi connectivity index (χ3v) is 10.2. The summed E-state index contributed by atoms with van der Waals surface area (Å²) < 4.78 is 8.72. The van der Waals surface area contributed by atoms with Crippen LogP contribution >= 0.6 is 0 Å². The number of fused-ring (bicyclic) bond motifs is 9. The number of hydrogen-bond acceptors (Lipinski definition) is 4. The minimum atomic E-state index is 0.556. The van der Waals surface area contributed by atoms with Crippen molar-refractivity contribution in [1.29, 1.82) is 0 Å². The number of nitrogens with zero attached hydrogens (tertiary/aromatic N) is 4. The van der Waals surface area contributed by atoms with Crippen molar-refractivity contribution in [2.75, 3.05) is 0 Å². The standard InChI is InChI=1S/C47H28N4O/c1-2-13-29(14-3-1)33-18-8-9-21-37(33)45-48-46(38-22-12-24-41-43(38)39-27-31-16-4-5-17-32(31)28-42(39)52-41)50-47(49-45)51-40-23-11-10-20-35(40)36-26-25-30-15-6-7-19-34(30)44(36)51/h1-28H. The van der Waals surface area contributed by atoms with Crippen LogP contribution in [0.2, 0.25) is 0 Å². The summed E-state index contributed by atoms with van der Waals surface area (Å²) >= 11 is 0. The summed E-state index contributed by atoms with van der Waals surface area (Å²) in [6.07, 6.45) is 0. The molecule has 11 rings (SSSR count). The maximum Gasteiger partial charge on any atom is 0.238 e. The molecule has 5 heteroatoms. The fourth-order valence-electron chi connectivity index (χ4n) is 7.89. The van der Waals surface area contributed by atoms with Crippen LogP contribution in [0, 0.1) is 0 Å². The molecule has 8 aromatic carbocycles. The Labute approximate surface area is 298 Å². The molecule has 0 spiro atoms. The second-order valence-corrected chi connectivity index (χ2v) is 13.2. The number of furan rings is 1. The monoisotopic (exact) mass is 664 g/mol. The first kappa shape index (κ1) is 28.7. The van der Waals surface area contributed by atoms with Gasteiger partial charge in [0.05, 0.1) is 11.0 Å². The topological polar surface area (TPSA) is 56.7 Å². The highest BCUT2D eigenvalue weighted by Crippen LogP contribution is 2.40. The van der Waals surface area contributed by atoms with Gasteiger partial charge in [-0.25, -0.2) is 4.98 Å². The molecule has 52 heavy (non-hydrogen) atoms. The van der Waals surface area contributed by atoms with Crippen molar-refractivity contribution in [2.45, 2.75) is 0 Å². The zero-order valence-electron chi connectivity index (χ0n) is 27.9. The summed E-state index contributed by atoms with van der Waals surface area (Å²) in [5.41, 5.74) is 7.69. The molecule has 0 aliphatic carbocycles. The molecule has 0 aliphatic rings. The summed E-state index contributed by atoms with van der Waals surface area (Å²) in [4.78, 5) is 16.0. The Morgan fingerprint density at radius 1 is 0.404 bits per heavy atom. The molecule has 0 saturated carbocycles. The van der Waals surface area contributed by atoms with Crippen molar-refractivity contribution in [3.63, 3.8) is 0 Å². The van der Waals surface area contributed by atoms with Crippen molar-refractivity contribution in [2.24, 2.45) is 0 Å². The third kappa shape index (κ3) is 4.33. The molecular formula is C47H28N4O. The highest BCUT2D eigenvalue weighted by molar-refractivity contribution is 6.19. The van der Waals surface area contributed by atoms with Crippen LogP contribution in [0.3, 0.4) is 0 Å². The summed E-state index contributed by atoms with van der Waals surface area (Å²) in [5.74, 6) is 1.73. The summed E-state index contributed by atoms with van der Waals surface area (Å²) in [6, 6.07) is 59.1. The lowest BCUT2D eigenvalue weighted by molar-refractivity contribution is 0.669. The van der Waals surface area contributed by atoms with Gasteiger partial charge in [-0.1, -0.05) is 146 Å². The van der Waals surface area contributed by atoms with E-state index in [0.29, 0.717) is 17.6 Å². The van der Waals surface area contributed by atoms with Crippen molar-refractivity contribution >= 4 is 65.3 Å². The normalized spacial score (nSPS) is 11.8. The molecule has 0 atom stereocenters. The maximum atomic E-state index is 6.50. The first-order valence-corrected chi connectivity index (χ1v) is 17.5. The van der Waals surface area contributed by atoms with Gasteiger partial charge in [-0.3, -0.25) is 4.57 Å². The predicted octanol–water partition coefficient (Wildman–Crippen LogP) is 12.2. The van der Waals surface area contributed by atoms with E-state index in [-0.39, 0.29) is 0 Å². The molecule has 0 amide bonds. The van der Waals surface area contributed by atoms with Crippen molar-refractivity contribution < 1.29 is 4.42 Å². The van der Waals surface area contributed by atoms with Crippen LogP contribution in [-0.2, 0) is 0 Å². The number of benzene rings is 8. The van der Waals surface area contributed by atoms with E-state index in [0.717, 1.165) is 87.5 Å². The summed E-state index contributed by atoms with van der Waals surface area (Å²) in [7, 11) is 0. The van der Waals surface area contributed by atoms with E-state index in [1.807, 2.05) is 24.3 Å². The molecule has 0 bridgehead atoms. The lowest BCUT2D eigenvalue weighted by atomic mass is 9.99. The molecule has 5 nitrogen and oxygen atoms in total. The van der Waals surface area contributed by atoms with Crippen molar-refractivity contribution in [1.82, 2.24) is 19.5 Å². The molecule has 242 valence electrons. The van der Waals surface area contributed by atoms with E-state index in [9.17, 15) is 0 Å². The fourth-order valence-corrected chi connectivity index (χ4v) is 7.89. The second kappa shape index (κ2) is 11.2. The van der Waals surface area contributed by atoms with Gasteiger partial charge in [-0.05, 0) is 51.6 Å². The first-order chi connectivity index (χ1) is 25.8. The quantitative estimate of drug-likeness (QED) is 0.188. The van der Waals surface area contributed by atoms with E-state index in [1.165, 1.54) is 0 Å². The summed E-state index contributed by atoms with van der Waals surface area (Å²) in [6.45, 7) is 0. The molecule has 0 saturated heterocycles. The molecule has 11 aromatic rings. The summed E-state index contributed by atoms with van der Waals surface area (Å²) in [5, 5.41) is 8.89. The Bertz CT molecular complexity index is 3190. The van der Waals surface area contributed by atoms with Crippen LogP contribution in [0.5, 0.6) is 0 Å². The smallest absolute Gasteiger partial charge is 0.238 e. The van der Waals surface area contributed by atoms with E-state index >= 15 is 0 Å². The average Bonchev–Trinajstić information content (AvgIpc) is 3.75. The molecule has 0 unspecified atom stereocenters. The van der Waals surface area contributed by atoms with Crippen LogP contribution in [0.1, 0.15) is 0 Å². The van der Waals surface area contributed by atoms with Gasteiger partial charge in [0.2, 0.25) is 5.95 Å². The zero-order chi connectivity index (χ0) is 34.2. The molecule has 3 aromatic heterocycles. The molecule has 0 N–H and O–H groups in total. The Balaban J connectivity index is 1.27. The van der Waals surface area contributed by atoms with Gasteiger partial charge in [-0.15, -0.1) is 0 Å². The van der Waals surface area contributed by atoms with E-state index in [1.54, 1.807) is 0 Å². The molecule has 0 aliphatic heterocycles. The number of hydrogen-bond donors (Lipinski definition) is 0. The first-order valence-electron chi connectivity index (χ1n) is 17.5. The van der Waals surface area contributed by atoms with Crippen LogP contribution in [-0.4, -0.2) is 19.5 Å². The fraction of sp³-hybridized carbons (Fsp3) is 0. The van der Waals surface area contributed by atoms with Gasteiger partial charge in [0.1, 0.15) is 11.2 Å². The van der Waals surface area contributed by atoms with Gasteiger partial charge >= 0.3 is 0 Å². The minimum absolute atomic E-state index is 0.556. The van der Waals surface area contributed by atoms with Gasteiger partial charge in [0, 0.05) is 38.1 Å². The van der Waals surface area contributed by atoms with E-state index in [4.69, 9.17) is 19.4 Å². The van der Waals surface area contributed by atoms with Crippen molar-refractivity contribution in [3.05, 3.63) is 170 Å². The second-order valence-electron chi connectivity index (χ2n) is 13.2. The van der Waals surface area contributed by atoms with Gasteiger partial charge < -0.3 is 4.42 Å². The average molecular weight is 665 g/mol. The Kier molecular flexibility index (Phi) is 6.18. The van der Waals surface area contributed by atoms with Crippen molar-refractivity contribution in [3.8, 4) is 39.9 Å². The highest BCUT2D eigenvalue weighted by atomic mass is 16.3. The van der Waals surface area contributed by atoms with Gasteiger partial charge in [0.25, 0.3) is 0 Å². The zero-order valence-corrected chi connectivity index (χ0v) is 27.9. The van der Waals surface area contributed by atoms with E-state index in [2.05, 4.69) is 150 Å². The Morgan fingerprint density at radius 3 is 1.90 bits per heavy atom. The van der Waals surface area contributed by atoms with Gasteiger partial charge in [0.15, 0.2) is 11.6 Å². The highest BCUT2D eigenvalue weighted by Gasteiger charge is 2.22. The SMILES string of the molecule is c1ccc(-c2ccccc2-c2nc(-c3cccc4oc5cc6ccccc6cc5c34)nc(-n3c4ccccc4c4ccc5ccccc5c43)n2)cc1. The molecule has 0 fully saturated rings. The molecule has 0 radical (unpaired) electrons. The number of aromatic nitrogens is 4. The lowest BCUT2D eigenvalue weighted by Crippen LogP contribution is -2.07. The Morgan fingerprint density at radius 2 is 1.06 bits per heavy atom. The number of para-hydroxylation sites is 1.